The third-order valence-electron chi connectivity index (χ3n) is 3.43. The van der Waals surface area contributed by atoms with Gasteiger partial charge in [-0.15, -0.1) is 0 Å². The Kier molecular flexibility index (Phi) is 4.11. The van der Waals surface area contributed by atoms with Crippen molar-refractivity contribution in [1.29, 1.82) is 0 Å². The highest BCUT2D eigenvalue weighted by atomic mass is 127. The molecule has 1 aliphatic rings. The molecular weight excluding hydrogens is 336 g/mol. The van der Waals surface area contributed by atoms with Crippen LogP contribution in [0.5, 0.6) is 0 Å². The van der Waals surface area contributed by atoms with E-state index in [0.29, 0.717) is 0 Å². The molecule has 1 aliphatic heterocycles. The van der Waals surface area contributed by atoms with E-state index < -0.39 is 0 Å². The number of benzene rings is 1. The molecule has 1 saturated heterocycles. The van der Waals surface area contributed by atoms with Crippen molar-refractivity contribution >= 4 is 34.5 Å². The Morgan fingerprint density at radius 2 is 1.81 bits per heavy atom. The molecule has 0 spiro atoms. The first-order valence-corrected chi connectivity index (χ1v) is 6.78. The minimum absolute atomic E-state index is 0.0632. The normalized spacial score (nSPS) is 20.9. The van der Waals surface area contributed by atoms with Crippen LogP contribution in [0.3, 0.4) is 0 Å². The van der Waals surface area contributed by atoms with E-state index in [4.69, 9.17) is 11.6 Å². The Bertz CT molecular complexity index is 347. The van der Waals surface area contributed by atoms with Crippen molar-refractivity contribution < 1.29 is 5.11 Å². The Morgan fingerprint density at radius 3 is 2.31 bits per heavy atom. The van der Waals surface area contributed by atoms with Crippen LogP contribution >= 0.6 is 34.5 Å². The summed E-state index contributed by atoms with van der Waals surface area (Å²) in [7, 11) is 0. The zero-order valence-electron chi connectivity index (χ0n) is 9.00. The van der Waals surface area contributed by atoms with Crippen LogP contribution in [-0.4, -0.2) is 27.9 Å². The van der Waals surface area contributed by atoms with Gasteiger partial charge in [0, 0.05) is 46.4 Å². The molecule has 2 nitrogen and oxygen atoms in total. The fourth-order valence-electron chi connectivity index (χ4n) is 2.25. The fraction of sp³-hybridized carbons (Fsp3) is 0.500. The Labute approximate surface area is 115 Å². The number of hydrogen-bond donors (Lipinski definition) is 1. The maximum Gasteiger partial charge on any atom is 0.0528 e. The van der Waals surface area contributed by atoms with Gasteiger partial charge in [-0.3, -0.25) is 0 Å². The van der Waals surface area contributed by atoms with Crippen molar-refractivity contribution in [2.75, 3.05) is 19.7 Å². The molecular formula is C12H15ClINO. The van der Waals surface area contributed by atoms with Gasteiger partial charge in [-0.1, -0.05) is 23.7 Å². The molecule has 0 radical (unpaired) electrons. The van der Waals surface area contributed by atoms with E-state index in [2.05, 4.69) is 26.0 Å². The Hall–Kier alpha value is 0.160. The molecule has 88 valence electrons. The van der Waals surface area contributed by atoms with Gasteiger partial charge in [-0.05, 0) is 30.5 Å². The summed E-state index contributed by atoms with van der Waals surface area (Å²) < 4.78 is 2.28. The molecule has 0 bridgehead atoms. The lowest BCUT2D eigenvalue weighted by Crippen LogP contribution is -2.41. The van der Waals surface area contributed by atoms with Gasteiger partial charge < -0.3 is 5.11 Å². The summed E-state index contributed by atoms with van der Waals surface area (Å²) in [6.07, 6.45) is 2.02. The predicted octanol–water partition coefficient (Wildman–Crippen LogP) is 3.02. The molecule has 2 rings (SSSR count). The second kappa shape index (κ2) is 5.21. The van der Waals surface area contributed by atoms with E-state index in [1.807, 2.05) is 24.3 Å². The minimum atomic E-state index is -0.0632. The number of piperidine rings is 1. The number of rotatable bonds is 2. The maximum atomic E-state index is 9.70. The highest BCUT2D eigenvalue weighted by Gasteiger charge is 2.35. The number of aliphatic hydroxyl groups excluding tert-OH is 1. The predicted molar refractivity (Wildman–Crippen MR) is 75.0 cm³/mol. The van der Waals surface area contributed by atoms with Crippen LogP contribution < -0.4 is 0 Å². The first kappa shape index (κ1) is 12.6. The molecule has 1 heterocycles. The number of aliphatic hydroxyl groups is 1. The van der Waals surface area contributed by atoms with E-state index in [1.54, 1.807) is 0 Å². The van der Waals surface area contributed by atoms with Gasteiger partial charge in [0.15, 0.2) is 0 Å². The largest absolute Gasteiger partial charge is 0.395 e. The van der Waals surface area contributed by atoms with Crippen molar-refractivity contribution in [2.24, 2.45) is 0 Å². The second-order valence-corrected chi connectivity index (χ2v) is 6.16. The van der Waals surface area contributed by atoms with Crippen LogP contribution in [0, 0.1) is 0 Å². The van der Waals surface area contributed by atoms with Crippen LogP contribution in [0.4, 0.5) is 0 Å². The van der Waals surface area contributed by atoms with Gasteiger partial charge in [0.1, 0.15) is 0 Å². The van der Waals surface area contributed by atoms with Crippen LogP contribution in [-0.2, 0) is 5.41 Å². The maximum absolute atomic E-state index is 9.70. The molecule has 0 aromatic heterocycles. The highest BCUT2D eigenvalue weighted by molar-refractivity contribution is 14.1. The molecule has 0 amide bonds. The van der Waals surface area contributed by atoms with Gasteiger partial charge in [-0.2, -0.15) is 0 Å². The summed E-state index contributed by atoms with van der Waals surface area (Å²) in [6, 6.07) is 7.90. The minimum Gasteiger partial charge on any atom is -0.395 e. The van der Waals surface area contributed by atoms with Gasteiger partial charge in [-0.25, -0.2) is 3.11 Å². The van der Waals surface area contributed by atoms with Gasteiger partial charge in [0.25, 0.3) is 0 Å². The van der Waals surface area contributed by atoms with Crippen LogP contribution in [0.1, 0.15) is 18.4 Å². The molecule has 1 aromatic rings. The number of halogens is 2. The standard InChI is InChI=1S/C12H15ClINO/c13-11-3-1-10(2-4-11)12(9-16)5-7-15(14)8-6-12/h1-4,16H,5-9H2. The third kappa shape index (κ3) is 2.53. The number of nitrogens with zero attached hydrogens (tertiary/aromatic N) is 1. The first-order valence-electron chi connectivity index (χ1n) is 5.44. The lowest BCUT2D eigenvalue weighted by Gasteiger charge is -2.39. The summed E-state index contributed by atoms with van der Waals surface area (Å²) in [4.78, 5) is 0. The average molecular weight is 352 g/mol. The number of hydrogen-bond acceptors (Lipinski definition) is 2. The Morgan fingerprint density at radius 1 is 1.25 bits per heavy atom. The summed E-state index contributed by atoms with van der Waals surface area (Å²) in [5, 5.41) is 10.4. The van der Waals surface area contributed by atoms with Gasteiger partial charge >= 0.3 is 0 Å². The zero-order valence-corrected chi connectivity index (χ0v) is 11.9. The molecule has 4 heteroatoms. The zero-order chi connectivity index (χ0) is 11.6. The monoisotopic (exact) mass is 351 g/mol. The summed E-state index contributed by atoms with van der Waals surface area (Å²) in [5.74, 6) is 0. The highest BCUT2D eigenvalue weighted by Crippen LogP contribution is 2.36. The fourth-order valence-corrected chi connectivity index (χ4v) is 2.86. The molecule has 0 saturated carbocycles. The van der Waals surface area contributed by atoms with Crippen LogP contribution in [0.25, 0.3) is 0 Å². The third-order valence-corrected chi connectivity index (χ3v) is 4.64. The summed E-state index contributed by atoms with van der Waals surface area (Å²) in [6.45, 7) is 2.28. The van der Waals surface area contributed by atoms with Crippen molar-refractivity contribution in [3.05, 3.63) is 34.9 Å². The summed E-state index contributed by atoms with van der Waals surface area (Å²) in [5.41, 5.74) is 1.15. The SMILES string of the molecule is OCC1(c2ccc(Cl)cc2)CCN(I)CC1. The topological polar surface area (TPSA) is 23.5 Å². The smallest absolute Gasteiger partial charge is 0.0528 e. The van der Waals surface area contributed by atoms with E-state index >= 15 is 0 Å². The van der Waals surface area contributed by atoms with E-state index in [9.17, 15) is 5.11 Å². The van der Waals surface area contributed by atoms with Gasteiger partial charge in [0.05, 0.1) is 6.61 Å². The second-order valence-electron chi connectivity index (χ2n) is 4.36. The van der Waals surface area contributed by atoms with E-state index in [0.717, 1.165) is 31.0 Å². The molecule has 16 heavy (non-hydrogen) atoms. The van der Waals surface area contributed by atoms with Gasteiger partial charge in [0.2, 0.25) is 0 Å². The van der Waals surface area contributed by atoms with Crippen LogP contribution in [0.2, 0.25) is 5.02 Å². The van der Waals surface area contributed by atoms with E-state index in [1.165, 1.54) is 5.56 Å². The molecule has 0 atom stereocenters. The average Bonchev–Trinajstić information content (AvgIpc) is 2.32. The molecule has 0 unspecified atom stereocenters. The summed E-state index contributed by atoms with van der Waals surface area (Å²) >= 11 is 8.24. The van der Waals surface area contributed by atoms with Crippen molar-refractivity contribution in [3.63, 3.8) is 0 Å². The lowest BCUT2D eigenvalue weighted by molar-refractivity contribution is 0.142. The first-order chi connectivity index (χ1) is 7.66. The lowest BCUT2D eigenvalue weighted by atomic mass is 9.74. The Balaban J connectivity index is 2.24. The van der Waals surface area contributed by atoms with E-state index in [-0.39, 0.29) is 12.0 Å². The molecule has 1 N–H and O–H groups in total. The quantitative estimate of drug-likeness (QED) is 0.654. The molecule has 0 aliphatic carbocycles. The molecule has 1 fully saturated rings. The van der Waals surface area contributed by atoms with Crippen molar-refractivity contribution in [3.8, 4) is 0 Å². The van der Waals surface area contributed by atoms with Crippen molar-refractivity contribution in [1.82, 2.24) is 3.11 Å². The van der Waals surface area contributed by atoms with Crippen molar-refractivity contribution in [2.45, 2.75) is 18.3 Å². The van der Waals surface area contributed by atoms with Crippen LogP contribution in [0.15, 0.2) is 24.3 Å². The molecule has 1 aromatic carbocycles.